The summed E-state index contributed by atoms with van der Waals surface area (Å²) in [6.07, 6.45) is 65.5. The maximum absolute atomic E-state index is 12.8. The van der Waals surface area contributed by atoms with Crippen molar-refractivity contribution < 1.29 is 23.8 Å². The van der Waals surface area contributed by atoms with Gasteiger partial charge in [0.05, 0.1) is 6.61 Å². The number of carbonyl (C=O) groups excluding carboxylic acids is 2. The highest BCUT2D eigenvalue weighted by atomic mass is 16.6. The van der Waals surface area contributed by atoms with Crippen molar-refractivity contribution in [2.45, 2.75) is 284 Å². The number of carbonyl (C=O) groups is 2. The van der Waals surface area contributed by atoms with E-state index in [0.717, 1.165) is 77.0 Å². The van der Waals surface area contributed by atoms with Gasteiger partial charge in [0.15, 0.2) is 6.10 Å². The molecule has 5 heteroatoms. The van der Waals surface area contributed by atoms with Crippen molar-refractivity contribution in [2.24, 2.45) is 0 Å². The highest BCUT2D eigenvalue weighted by molar-refractivity contribution is 5.70. The number of rotatable bonds is 50. The molecule has 0 rings (SSSR count). The lowest BCUT2D eigenvalue weighted by atomic mass is 10.0. The lowest BCUT2D eigenvalue weighted by Gasteiger charge is -2.18. The lowest BCUT2D eigenvalue weighted by molar-refractivity contribution is -0.163. The van der Waals surface area contributed by atoms with Gasteiger partial charge in [0.25, 0.3) is 0 Å². The Morgan fingerprint density at radius 2 is 0.710 bits per heavy atom. The predicted molar refractivity (Wildman–Crippen MR) is 270 cm³/mol. The molecule has 62 heavy (non-hydrogen) atoms. The normalized spacial score (nSPS) is 12.5. The van der Waals surface area contributed by atoms with E-state index in [1.54, 1.807) is 0 Å². The molecule has 5 nitrogen and oxygen atoms in total. The van der Waals surface area contributed by atoms with Gasteiger partial charge in [-0.25, -0.2) is 0 Å². The van der Waals surface area contributed by atoms with Crippen LogP contribution in [0.15, 0.2) is 48.6 Å². The zero-order chi connectivity index (χ0) is 44.9. The second-order valence-corrected chi connectivity index (χ2v) is 18.1. The van der Waals surface area contributed by atoms with Crippen molar-refractivity contribution in [3.05, 3.63) is 48.6 Å². The van der Waals surface area contributed by atoms with Gasteiger partial charge < -0.3 is 14.2 Å². The molecular formula is C57H104O5. The van der Waals surface area contributed by atoms with Gasteiger partial charge in [-0.2, -0.15) is 0 Å². The fraction of sp³-hybridized carbons (Fsp3) is 0.825. The number of hydrogen-bond donors (Lipinski definition) is 0. The van der Waals surface area contributed by atoms with Crippen molar-refractivity contribution in [3.8, 4) is 0 Å². The SMILES string of the molecule is CCC/C=C\C/C=C\CCCCCCCC(=O)OC(COCCCCCCCCCCCCCCCCCCCC)COC(=O)CCCCCCC/C=C\C/C=C\CCCCC. The molecule has 0 amide bonds. The van der Waals surface area contributed by atoms with Crippen LogP contribution in [0.5, 0.6) is 0 Å². The first kappa shape index (κ1) is 59.9. The van der Waals surface area contributed by atoms with Gasteiger partial charge in [0.1, 0.15) is 6.61 Å². The average molecular weight is 869 g/mol. The molecular weight excluding hydrogens is 765 g/mol. The largest absolute Gasteiger partial charge is 0.462 e. The summed E-state index contributed by atoms with van der Waals surface area (Å²) in [4.78, 5) is 25.4. The summed E-state index contributed by atoms with van der Waals surface area (Å²) in [7, 11) is 0. The lowest BCUT2D eigenvalue weighted by Crippen LogP contribution is -2.30. The first-order valence-electron chi connectivity index (χ1n) is 27.2. The minimum absolute atomic E-state index is 0.0753. The monoisotopic (exact) mass is 869 g/mol. The van der Waals surface area contributed by atoms with Crippen LogP contribution in [0.3, 0.4) is 0 Å². The minimum Gasteiger partial charge on any atom is -0.462 e. The molecule has 0 aliphatic rings. The summed E-state index contributed by atoms with van der Waals surface area (Å²) in [5.41, 5.74) is 0. The molecule has 0 spiro atoms. The quantitative estimate of drug-likeness (QED) is 0.0346. The molecule has 362 valence electrons. The van der Waals surface area contributed by atoms with Crippen molar-refractivity contribution in [3.63, 3.8) is 0 Å². The maximum Gasteiger partial charge on any atom is 0.306 e. The number of unbranched alkanes of at least 4 members (excludes halogenated alkanes) is 31. The second-order valence-electron chi connectivity index (χ2n) is 18.1. The van der Waals surface area contributed by atoms with Crippen molar-refractivity contribution in [1.82, 2.24) is 0 Å². The summed E-state index contributed by atoms with van der Waals surface area (Å²) >= 11 is 0. The van der Waals surface area contributed by atoms with Crippen LogP contribution in [0.4, 0.5) is 0 Å². The second kappa shape index (κ2) is 53.2. The number of allylic oxidation sites excluding steroid dienone is 8. The van der Waals surface area contributed by atoms with Crippen LogP contribution in [0.2, 0.25) is 0 Å². The Kier molecular flexibility index (Phi) is 51.4. The van der Waals surface area contributed by atoms with Crippen LogP contribution >= 0.6 is 0 Å². The number of hydrogen-bond acceptors (Lipinski definition) is 5. The van der Waals surface area contributed by atoms with E-state index in [0.29, 0.717) is 19.4 Å². The van der Waals surface area contributed by atoms with E-state index < -0.39 is 6.10 Å². The topological polar surface area (TPSA) is 61.8 Å². The Labute approximate surface area is 386 Å². The molecule has 0 heterocycles. The molecule has 0 aromatic rings. The number of esters is 2. The fourth-order valence-corrected chi connectivity index (χ4v) is 7.76. The third-order valence-corrected chi connectivity index (χ3v) is 11.8. The van der Waals surface area contributed by atoms with E-state index >= 15 is 0 Å². The Bertz CT molecular complexity index is 1030. The van der Waals surface area contributed by atoms with Crippen LogP contribution in [0, 0.1) is 0 Å². The molecule has 0 N–H and O–H groups in total. The molecule has 1 unspecified atom stereocenters. The molecule has 0 radical (unpaired) electrons. The van der Waals surface area contributed by atoms with Gasteiger partial charge in [-0.15, -0.1) is 0 Å². The van der Waals surface area contributed by atoms with Gasteiger partial charge in [-0.1, -0.05) is 236 Å². The van der Waals surface area contributed by atoms with Gasteiger partial charge in [-0.05, 0) is 77.0 Å². The molecule has 0 aliphatic carbocycles. The van der Waals surface area contributed by atoms with E-state index in [1.165, 1.54) is 167 Å². The molecule has 0 aromatic carbocycles. The minimum atomic E-state index is -0.546. The Morgan fingerprint density at radius 3 is 1.16 bits per heavy atom. The fourth-order valence-electron chi connectivity index (χ4n) is 7.76. The Balaban J connectivity index is 4.25. The average Bonchev–Trinajstić information content (AvgIpc) is 3.27. The maximum atomic E-state index is 12.8. The van der Waals surface area contributed by atoms with E-state index in [4.69, 9.17) is 14.2 Å². The van der Waals surface area contributed by atoms with Gasteiger partial charge in [0.2, 0.25) is 0 Å². The summed E-state index contributed by atoms with van der Waals surface area (Å²) in [6, 6.07) is 0. The molecule has 0 saturated carbocycles. The molecule has 0 saturated heterocycles. The van der Waals surface area contributed by atoms with E-state index in [-0.39, 0.29) is 25.2 Å². The highest BCUT2D eigenvalue weighted by Crippen LogP contribution is 2.16. The first-order valence-corrected chi connectivity index (χ1v) is 27.2. The Morgan fingerprint density at radius 1 is 0.355 bits per heavy atom. The van der Waals surface area contributed by atoms with E-state index in [1.807, 2.05) is 0 Å². The van der Waals surface area contributed by atoms with Gasteiger partial charge in [0, 0.05) is 19.4 Å². The van der Waals surface area contributed by atoms with Crippen LogP contribution in [-0.4, -0.2) is 37.9 Å². The van der Waals surface area contributed by atoms with Crippen molar-refractivity contribution in [2.75, 3.05) is 19.8 Å². The summed E-state index contributed by atoms with van der Waals surface area (Å²) in [5, 5.41) is 0. The van der Waals surface area contributed by atoms with Gasteiger partial charge in [-0.3, -0.25) is 9.59 Å². The Hall–Kier alpha value is -2.14. The van der Waals surface area contributed by atoms with Crippen LogP contribution in [0.1, 0.15) is 278 Å². The summed E-state index contributed by atoms with van der Waals surface area (Å²) in [5.74, 6) is -0.418. The van der Waals surface area contributed by atoms with E-state index in [9.17, 15) is 9.59 Å². The zero-order valence-electron chi connectivity index (χ0n) is 41.6. The molecule has 0 aliphatic heterocycles. The van der Waals surface area contributed by atoms with Crippen LogP contribution in [0.25, 0.3) is 0 Å². The molecule has 1 atom stereocenters. The van der Waals surface area contributed by atoms with Crippen LogP contribution in [-0.2, 0) is 23.8 Å². The standard InChI is InChI=1S/C57H104O5/c1-4-7-10-13-16-19-22-25-27-28-29-31-34-37-40-43-46-49-52-60-53-55(62-57(59)51-48-45-42-39-36-32-24-21-18-15-12-9-6-3)54-61-56(58)50-47-44-41-38-35-33-30-26-23-20-17-14-11-8-5-2/h12,15,17,20-21,24,26,30,55H,4-11,13-14,16,18-19,22-23,25,27-29,31-54H2,1-3H3/b15-12-,20-17-,24-21-,30-26-. The molecule has 0 aromatic heterocycles. The smallest absolute Gasteiger partial charge is 0.306 e. The highest BCUT2D eigenvalue weighted by Gasteiger charge is 2.17. The summed E-state index contributed by atoms with van der Waals surface area (Å²) in [6.45, 7) is 7.75. The van der Waals surface area contributed by atoms with Crippen LogP contribution < -0.4 is 0 Å². The van der Waals surface area contributed by atoms with Gasteiger partial charge >= 0.3 is 11.9 Å². The zero-order valence-corrected chi connectivity index (χ0v) is 41.6. The molecule has 0 bridgehead atoms. The third kappa shape index (κ3) is 50.5. The third-order valence-electron chi connectivity index (χ3n) is 11.8. The van der Waals surface area contributed by atoms with E-state index in [2.05, 4.69) is 69.4 Å². The predicted octanol–water partition coefficient (Wildman–Crippen LogP) is 18.3. The molecule has 0 fully saturated rings. The summed E-state index contributed by atoms with van der Waals surface area (Å²) < 4.78 is 17.4. The first-order chi connectivity index (χ1) is 30.6. The number of ether oxygens (including phenoxy) is 3. The van der Waals surface area contributed by atoms with Crippen molar-refractivity contribution >= 4 is 11.9 Å². The van der Waals surface area contributed by atoms with Crippen molar-refractivity contribution in [1.29, 1.82) is 0 Å².